The Bertz CT molecular complexity index is 1530. The van der Waals surface area contributed by atoms with Crippen LogP contribution >= 0.6 is 11.8 Å². The van der Waals surface area contributed by atoms with Gasteiger partial charge in [-0.1, -0.05) is 48.0 Å². The van der Waals surface area contributed by atoms with E-state index in [0.29, 0.717) is 10.1 Å². The predicted molar refractivity (Wildman–Crippen MR) is 157 cm³/mol. The van der Waals surface area contributed by atoms with Gasteiger partial charge in [-0.3, -0.25) is 9.69 Å². The Balaban J connectivity index is 1.26. The molecule has 1 amide bonds. The van der Waals surface area contributed by atoms with Crippen LogP contribution in [0.15, 0.2) is 88.9 Å². The van der Waals surface area contributed by atoms with E-state index in [2.05, 4.69) is 77.2 Å². The van der Waals surface area contributed by atoms with Crippen molar-refractivity contribution in [2.75, 3.05) is 38.3 Å². The summed E-state index contributed by atoms with van der Waals surface area (Å²) in [4.78, 5) is 22.6. The summed E-state index contributed by atoms with van der Waals surface area (Å²) < 4.78 is 7.71. The number of thioether (sulfide) groups is 1. The summed E-state index contributed by atoms with van der Waals surface area (Å²) in [5.41, 5.74) is 6.69. The number of anilines is 1. The number of morpholine rings is 1. The number of fused-ring (bicyclic) bond motifs is 1. The standard InChI is InChI=1S/C31H30N4O2S/c1-22-7-9-23(10-8-22)20-35-21-24(27-5-3-4-6-28(27)35)19-29-30(36)33(2)31(38-29)32-25-11-13-26(14-12-25)34-15-17-37-18-16-34/h3-14,19,21H,15-18,20H2,1-2H3/b29-19-,32-31?. The van der Waals surface area contributed by atoms with Crippen molar-refractivity contribution in [3.63, 3.8) is 0 Å². The van der Waals surface area contributed by atoms with E-state index in [1.165, 1.54) is 28.6 Å². The van der Waals surface area contributed by atoms with Crippen molar-refractivity contribution < 1.29 is 9.53 Å². The highest BCUT2D eigenvalue weighted by atomic mass is 32.2. The third-order valence-electron chi connectivity index (χ3n) is 7.03. The van der Waals surface area contributed by atoms with E-state index < -0.39 is 0 Å². The minimum absolute atomic E-state index is 0.0333. The van der Waals surface area contributed by atoms with Crippen LogP contribution in [-0.4, -0.2) is 53.9 Å². The van der Waals surface area contributed by atoms with Crippen LogP contribution in [0.5, 0.6) is 0 Å². The molecule has 6 nitrogen and oxygen atoms in total. The maximum absolute atomic E-state index is 13.2. The Labute approximate surface area is 227 Å². The number of carbonyl (C=O) groups excluding carboxylic acids is 1. The van der Waals surface area contributed by atoms with Crippen molar-refractivity contribution in [3.05, 3.63) is 101 Å². The molecule has 0 atom stereocenters. The molecule has 2 aliphatic heterocycles. The molecule has 0 saturated carbocycles. The Morgan fingerprint density at radius 3 is 2.47 bits per heavy atom. The van der Waals surface area contributed by atoms with Gasteiger partial charge in [0.05, 0.1) is 23.8 Å². The number of rotatable bonds is 5. The van der Waals surface area contributed by atoms with Gasteiger partial charge in [0.15, 0.2) is 5.17 Å². The molecule has 0 bridgehead atoms. The van der Waals surface area contributed by atoms with Crippen LogP contribution in [0.1, 0.15) is 16.7 Å². The highest BCUT2D eigenvalue weighted by Gasteiger charge is 2.30. The molecule has 4 aromatic rings. The summed E-state index contributed by atoms with van der Waals surface area (Å²) in [5.74, 6) is -0.0333. The molecule has 1 aromatic heterocycles. The van der Waals surface area contributed by atoms with Crippen molar-refractivity contribution in [2.45, 2.75) is 13.5 Å². The summed E-state index contributed by atoms with van der Waals surface area (Å²) in [7, 11) is 1.79. The first-order valence-corrected chi connectivity index (χ1v) is 13.7. The van der Waals surface area contributed by atoms with Crippen LogP contribution in [0.25, 0.3) is 17.0 Å². The molecular weight excluding hydrogens is 492 g/mol. The lowest BCUT2D eigenvalue weighted by Crippen LogP contribution is -2.36. The topological polar surface area (TPSA) is 50.1 Å². The second-order valence-corrected chi connectivity index (χ2v) is 10.7. The number of aromatic nitrogens is 1. The fourth-order valence-corrected chi connectivity index (χ4v) is 5.85. The molecule has 3 aromatic carbocycles. The molecule has 0 unspecified atom stereocenters. The van der Waals surface area contributed by atoms with Gasteiger partial charge in [0, 0.05) is 55.0 Å². The van der Waals surface area contributed by atoms with E-state index >= 15 is 0 Å². The highest BCUT2D eigenvalue weighted by Crippen LogP contribution is 2.35. The zero-order chi connectivity index (χ0) is 26.1. The van der Waals surface area contributed by atoms with Gasteiger partial charge in [-0.25, -0.2) is 4.99 Å². The van der Waals surface area contributed by atoms with Crippen LogP contribution in [-0.2, 0) is 16.1 Å². The highest BCUT2D eigenvalue weighted by molar-refractivity contribution is 8.18. The lowest BCUT2D eigenvalue weighted by molar-refractivity contribution is -0.121. The van der Waals surface area contributed by atoms with Crippen LogP contribution in [0.3, 0.4) is 0 Å². The number of aliphatic imine (C=N–C) groups is 1. The zero-order valence-corrected chi connectivity index (χ0v) is 22.4. The number of para-hydroxylation sites is 1. The molecule has 2 fully saturated rings. The smallest absolute Gasteiger partial charge is 0.266 e. The number of amidine groups is 1. The summed E-state index contributed by atoms with van der Waals surface area (Å²) in [6.07, 6.45) is 4.15. The number of aryl methyl sites for hydroxylation is 1. The number of nitrogens with zero attached hydrogens (tertiary/aromatic N) is 4. The maximum atomic E-state index is 13.2. The van der Waals surface area contributed by atoms with E-state index in [4.69, 9.17) is 9.73 Å². The van der Waals surface area contributed by atoms with E-state index in [-0.39, 0.29) is 5.91 Å². The van der Waals surface area contributed by atoms with Gasteiger partial charge in [-0.05, 0) is 60.7 Å². The van der Waals surface area contributed by atoms with Gasteiger partial charge in [-0.15, -0.1) is 0 Å². The third kappa shape index (κ3) is 4.99. The van der Waals surface area contributed by atoms with Gasteiger partial charge in [0.1, 0.15) is 0 Å². The maximum Gasteiger partial charge on any atom is 0.266 e. The summed E-state index contributed by atoms with van der Waals surface area (Å²) in [5, 5.41) is 1.82. The monoisotopic (exact) mass is 522 g/mol. The van der Waals surface area contributed by atoms with Gasteiger partial charge >= 0.3 is 0 Å². The van der Waals surface area contributed by atoms with E-state index in [1.807, 2.05) is 24.3 Å². The average Bonchev–Trinajstić information content (AvgIpc) is 3.43. The number of hydrogen-bond acceptors (Lipinski definition) is 5. The van der Waals surface area contributed by atoms with Crippen molar-refractivity contribution in [2.24, 2.45) is 4.99 Å². The number of hydrogen-bond donors (Lipinski definition) is 0. The van der Waals surface area contributed by atoms with E-state index in [1.54, 1.807) is 11.9 Å². The van der Waals surface area contributed by atoms with Crippen molar-refractivity contribution in [3.8, 4) is 0 Å². The van der Waals surface area contributed by atoms with Crippen LogP contribution in [0.2, 0.25) is 0 Å². The first-order valence-electron chi connectivity index (χ1n) is 12.9. The Kier molecular flexibility index (Phi) is 6.79. The molecule has 2 saturated heterocycles. The second kappa shape index (κ2) is 10.5. The molecule has 2 aliphatic rings. The largest absolute Gasteiger partial charge is 0.378 e. The van der Waals surface area contributed by atoms with Crippen molar-refractivity contribution in [1.82, 2.24) is 9.47 Å². The van der Waals surface area contributed by atoms with Gasteiger partial charge < -0.3 is 14.2 Å². The van der Waals surface area contributed by atoms with Crippen molar-refractivity contribution in [1.29, 1.82) is 0 Å². The SMILES string of the molecule is Cc1ccc(Cn2cc(/C=C3\SC(=Nc4ccc(N5CCOCC5)cc4)N(C)C3=O)c3ccccc32)cc1. The number of amides is 1. The zero-order valence-electron chi connectivity index (χ0n) is 21.6. The molecule has 0 radical (unpaired) electrons. The normalized spacial score (nSPS) is 18.3. The molecule has 3 heterocycles. The number of ether oxygens (including phenoxy) is 1. The Hall–Kier alpha value is -3.81. The predicted octanol–water partition coefficient (Wildman–Crippen LogP) is 6.07. The van der Waals surface area contributed by atoms with Crippen LogP contribution in [0, 0.1) is 6.92 Å². The fraction of sp³-hybridized carbons (Fsp3) is 0.226. The Morgan fingerprint density at radius 1 is 0.974 bits per heavy atom. The quantitative estimate of drug-likeness (QED) is 0.299. The summed E-state index contributed by atoms with van der Waals surface area (Å²) in [6, 6.07) is 25.2. The Morgan fingerprint density at radius 2 is 1.71 bits per heavy atom. The molecular formula is C31H30N4O2S. The second-order valence-electron chi connectivity index (χ2n) is 9.70. The molecule has 7 heteroatoms. The first kappa shape index (κ1) is 24.5. The average molecular weight is 523 g/mol. The molecule has 192 valence electrons. The number of likely N-dealkylation sites (N-methyl/N-ethyl adjacent to an activating group) is 1. The molecule has 0 N–H and O–H groups in total. The first-order chi connectivity index (χ1) is 18.5. The number of benzene rings is 3. The third-order valence-corrected chi connectivity index (χ3v) is 8.09. The molecule has 38 heavy (non-hydrogen) atoms. The van der Waals surface area contributed by atoms with Crippen LogP contribution < -0.4 is 4.90 Å². The van der Waals surface area contributed by atoms with Gasteiger partial charge in [-0.2, -0.15) is 0 Å². The minimum Gasteiger partial charge on any atom is -0.378 e. The fourth-order valence-electron chi connectivity index (χ4n) is 4.87. The van der Waals surface area contributed by atoms with Crippen molar-refractivity contribution >= 4 is 51.2 Å². The molecule has 0 aliphatic carbocycles. The van der Waals surface area contributed by atoms with Gasteiger partial charge in [0.25, 0.3) is 5.91 Å². The minimum atomic E-state index is -0.0333. The molecule has 0 spiro atoms. The lowest BCUT2D eigenvalue weighted by Gasteiger charge is -2.28. The lowest BCUT2D eigenvalue weighted by atomic mass is 10.1. The summed E-state index contributed by atoms with van der Waals surface area (Å²) in [6.45, 7) is 6.19. The van der Waals surface area contributed by atoms with E-state index in [0.717, 1.165) is 55.0 Å². The number of carbonyl (C=O) groups is 1. The molecule has 6 rings (SSSR count). The van der Waals surface area contributed by atoms with Gasteiger partial charge in [0.2, 0.25) is 0 Å². The van der Waals surface area contributed by atoms with E-state index in [9.17, 15) is 4.79 Å². The summed E-state index contributed by atoms with van der Waals surface area (Å²) >= 11 is 1.42. The van der Waals surface area contributed by atoms with Crippen LogP contribution in [0.4, 0.5) is 11.4 Å².